The van der Waals surface area contributed by atoms with Crippen LogP contribution in [0, 0.1) is 0 Å². The van der Waals surface area contributed by atoms with Gasteiger partial charge in [-0.15, -0.1) is 12.4 Å². The summed E-state index contributed by atoms with van der Waals surface area (Å²) in [7, 11) is 0. The largest absolute Gasteiger partial charge is 0.481 e. The molecule has 22 heavy (non-hydrogen) atoms. The Morgan fingerprint density at radius 2 is 1.18 bits per heavy atom. The number of aliphatic carboxylic acids is 1. The van der Waals surface area contributed by atoms with Gasteiger partial charge in [0.15, 0.2) is 0 Å². The Kier molecular flexibility index (Phi) is 27.2. The zero-order valence-electron chi connectivity index (χ0n) is 14.5. The van der Waals surface area contributed by atoms with Crippen LogP contribution in [0.5, 0.6) is 0 Å². The molecule has 0 heterocycles. The van der Waals surface area contributed by atoms with Crippen molar-refractivity contribution in [3.05, 3.63) is 12.2 Å². The number of carbonyl (C=O) groups is 1. The Bertz CT molecular complexity index is 245. The molecule has 4 N–H and O–H groups in total. The fourth-order valence-electron chi connectivity index (χ4n) is 2.35. The Morgan fingerprint density at radius 1 is 0.773 bits per heavy atom. The van der Waals surface area contributed by atoms with Crippen LogP contribution in [0.4, 0.5) is 0 Å². The number of hydrogen-bond donors (Lipinski definition) is 2. The van der Waals surface area contributed by atoms with E-state index in [1.165, 1.54) is 70.6 Å². The number of hydrogen-bond acceptors (Lipinski definition) is 2. The topological polar surface area (TPSA) is 72.3 Å². The van der Waals surface area contributed by atoms with Gasteiger partial charge in [-0.3, -0.25) is 4.79 Å². The van der Waals surface area contributed by atoms with Gasteiger partial charge in [-0.1, -0.05) is 70.4 Å². The summed E-state index contributed by atoms with van der Waals surface area (Å²) in [5, 5.41) is 8.51. The Morgan fingerprint density at radius 3 is 1.64 bits per heavy atom. The van der Waals surface area contributed by atoms with E-state index in [0.717, 1.165) is 12.8 Å². The molecule has 3 nitrogen and oxygen atoms in total. The maximum atomic E-state index is 10.3. The lowest BCUT2D eigenvalue weighted by molar-refractivity contribution is -0.137. The summed E-state index contributed by atoms with van der Waals surface area (Å²) < 4.78 is 0. The average Bonchev–Trinajstić information content (AvgIpc) is 2.43. The number of unbranched alkanes of at least 4 members (excludes halogenated alkanes) is 11. The lowest BCUT2D eigenvalue weighted by atomic mass is 10.1. The van der Waals surface area contributed by atoms with Gasteiger partial charge in [0.1, 0.15) is 0 Å². The number of carboxylic acids is 1. The third kappa shape index (κ3) is 24.5. The quantitative estimate of drug-likeness (QED) is 0.258. The summed E-state index contributed by atoms with van der Waals surface area (Å²) in [6.07, 6.45) is 21.2. The Balaban J connectivity index is -0.00000180. The molecular weight excluding hydrogens is 298 g/mol. The molecule has 0 rings (SSSR count). The number of allylic oxidation sites excluding steroid dienone is 2. The van der Waals surface area contributed by atoms with Crippen molar-refractivity contribution in [1.82, 2.24) is 6.15 Å². The van der Waals surface area contributed by atoms with E-state index in [1.54, 1.807) is 0 Å². The zero-order valence-corrected chi connectivity index (χ0v) is 15.3. The molecule has 0 aromatic carbocycles. The van der Waals surface area contributed by atoms with Crippen molar-refractivity contribution in [2.24, 2.45) is 0 Å². The lowest BCUT2D eigenvalue weighted by Crippen LogP contribution is -1.93. The standard InChI is InChI=1S/C18H34O2.ClH.H3N/c1-2-3-4-5-6-7-8-9-10-11-12-13-14-15-16-17-18(19)20;;/h9-10H,2-8,11-17H2,1H3,(H,19,20);1H;1H3/b10-9-;;. The van der Waals surface area contributed by atoms with Crippen molar-refractivity contribution in [2.75, 3.05) is 0 Å². The summed E-state index contributed by atoms with van der Waals surface area (Å²) in [4.78, 5) is 10.3. The fraction of sp³-hybridized carbons (Fsp3) is 0.833. The fourth-order valence-corrected chi connectivity index (χ4v) is 2.35. The smallest absolute Gasteiger partial charge is 0.303 e. The van der Waals surface area contributed by atoms with Crippen LogP contribution in [-0.2, 0) is 4.79 Å². The van der Waals surface area contributed by atoms with Crippen molar-refractivity contribution in [3.63, 3.8) is 0 Å². The van der Waals surface area contributed by atoms with Crippen molar-refractivity contribution >= 4 is 18.4 Å². The second-order valence-electron chi connectivity index (χ2n) is 5.73. The van der Waals surface area contributed by atoms with Gasteiger partial charge < -0.3 is 11.3 Å². The molecular formula is C18H38ClNO2. The molecule has 0 saturated carbocycles. The summed E-state index contributed by atoms with van der Waals surface area (Å²) >= 11 is 0. The van der Waals surface area contributed by atoms with Crippen LogP contribution in [-0.4, -0.2) is 11.1 Å². The predicted octanol–water partition coefficient (Wildman–Crippen LogP) is 6.69. The number of carboxylic acid groups (broad SMARTS) is 1. The van der Waals surface area contributed by atoms with E-state index in [2.05, 4.69) is 19.1 Å². The van der Waals surface area contributed by atoms with E-state index in [0.29, 0.717) is 6.42 Å². The second-order valence-corrected chi connectivity index (χ2v) is 5.73. The molecule has 0 aromatic rings. The third-order valence-corrected chi connectivity index (χ3v) is 3.65. The molecule has 0 atom stereocenters. The van der Waals surface area contributed by atoms with E-state index in [4.69, 9.17) is 5.11 Å². The van der Waals surface area contributed by atoms with Gasteiger partial charge in [-0.25, -0.2) is 0 Å². The molecule has 0 unspecified atom stereocenters. The Hall–Kier alpha value is -0.540. The van der Waals surface area contributed by atoms with Crippen LogP contribution in [0.1, 0.15) is 96.8 Å². The average molecular weight is 336 g/mol. The highest BCUT2D eigenvalue weighted by molar-refractivity contribution is 5.85. The highest BCUT2D eigenvalue weighted by Gasteiger charge is 1.95. The Labute approximate surface area is 143 Å². The van der Waals surface area contributed by atoms with Crippen molar-refractivity contribution in [2.45, 2.75) is 96.8 Å². The maximum Gasteiger partial charge on any atom is 0.303 e. The van der Waals surface area contributed by atoms with Crippen LogP contribution in [0.15, 0.2) is 12.2 Å². The van der Waals surface area contributed by atoms with Gasteiger partial charge in [-0.2, -0.15) is 0 Å². The first-order valence-corrected chi connectivity index (χ1v) is 8.64. The van der Waals surface area contributed by atoms with E-state index < -0.39 is 5.97 Å². The summed E-state index contributed by atoms with van der Waals surface area (Å²) in [6.45, 7) is 2.26. The molecule has 0 amide bonds. The molecule has 0 aromatic heterocycles. The normalized spacial score (nSPS) is 10.2. The SMILES string of the molecule is CCCCCCCC/C=C\CCCCCCCC(=O)O.Cl.N. The molecule has 0 bridgehead atoms. The van der Waals surface area contributed by atoms with Gasteiger partial charge in [-0.05, 0) is 32.1 Å². The minimum absolute atomic E-state index is 0. The zero-order chi connectivity index (χ0) is 14.9. The number of rotatable bonds is 15. The van der Waals surface area contributed by atoms with Crippen LogP contribution in [0.25, 0.3) is 0 Å². The van der Waals surface area contributed by atoms with Crippen molar-refractivity contribution < 1.29 is 9.90 Å². The molecule has 134 valence electrons. The minimum Gasteiger partial charge on any atom is -0.481 e. The van der Waals surface area contributed by atoms with Crippen molar-refractivity contribution in [3.8, 4) is 0 Å². The minimum atomic E-state index is -0.664. The second kappa shape index (κ2) is 22.7. The highest BCUT2D eigenvalue weighted by atomic mass is 35.5. The molecule has 0 saturated heterocycles. The predicted molar refractivity (Wildman–Crippen MR) is 99.4 cm³/mol. The summed E-state index contributed by atoms with van der Waals surface area (Å²) in [5.41, 5.74) is 0. The first kappa shape index (κ1) is 26.4. The van der Waals surface area contributed by atoms with Crippen LogP contribution in [0.3, 0.4) is 0 Å². The van der Waals surface area contributed by atoms with E-state index >= 15 is 0 Å². The van der Waals surface area contributed by atoms with Gasteiger partial charge in [0.25, 0.3) is 0 Å². The molecule has 0 aliphatic carbocycles. The monoisotopic (exact) mass is 335 g/mol. The molecule has 0 aliphatic heterocycles. The molecule has 0 spiro atoms. The van der Waals surface area contributed by atoms with Gasteiger partial charge in [0, 0.05) is 6.42 Å². The molecule has 0 fully saturated rings. The molecule has 4 heteroatoms. The molecule has 0 aliphatic rings. The van der Waals surface area contributed by atoms with Crippen LogP contribution in [0.2, 0.25) is 0 Å². The first-order valence-electron chi connectivity index (χ1n) is 8.64. The number of halogens is 1. The van der Waals surface area contributed by atoms with Crippen LogP contribution >= 0.6 is 12.4 Å². The van der Waals surface area contributed by atoms with Gasteiger partial charge >= 0.3 is 5.97 Å². The highest BCUT2D eigenvalue weighted by Crippen LogP contribution is 2.09. The van der Waals surface area contributed by atoms with Gasteiger partial charge in [0.2, 0.25) is 0 Å². The maximum absolute atomic E-state index is 10.3. The lowest BCUT2D eigenvalue weighted by Gasteiger charge is -1.99. The van der Waals surface area contributed by atoms with E-state index in [9.17, 15) is 4.79 Å². The first-order chi connectivity index (χ1) is 9.77. The van der Waals surface area contributed by atoms with Crippen molar-refractivity contribution in [1.29, 1.82) is 0 Å². The molecule has 0 radical (unpaired) electrons. The van der Waals surface area contributed by atoms with E-state index in [1.807, 2.05) is 0 Å². The van der Waals surface area contributed by atoms with Gasteiger partial charge in [0.05, 0.1) is 0 Å². The third-order valence-electron chi connectivity index (χ3n) is 3.65. The van der Waals surface area contributed by atoms with Crippen LogP contribution < -0.4 is 6.15 Å². The van der Waals surface area contributed by atoms with E-state index in [-0.39, 0.29) is 18.6 Å². The summed E-state index contributed by atoms with van der Waals surface area (Å²) in [5.74, 6) is -0.664. The summed E-state index contributed by atoms with van der Waals surface area (Å²) in [6, 6.07) is 0.